The zero-order valence-electron chi connectivity index (χ0n) is 14.3. The molecule has 4 heteroatoms. The van der Waals surface area contributed by atoms with Crippen molar-refractivity contribution >= 4 is 5.97 Å². The van der Waals surface area contributed by atoms with Crippen LogP contribution in [0.25, 0.3) is 0 Å². The molecule has 4 rings (SSSR count). The fraction of sp³-hybridized carbons (Fsp3) is 0.842. The molecule has 128 valence electrons. The summed E-state index contributed by atoms with van der Waals surface area (Å²) in [6, 6.07) is 0. The van der Waals surface area contributed by atoms with E-state index in [1.165, 1.54) is 29.7 Å². The van der Waals surface area contributed by atoms with Crippen molar-refractivity contribution in [1.29, 1.82) is 0 Å². The van der Waals surface area contributed by atoms with E-state index in [1.54, 1.807) is 0 Å². The highest BCUT2D eigenvalue weighted by Crippen LogP contribution is 2.56. The van der Waals surface area contributed by atoms with Crippen LogP contribution >= 0.6 is 0 Å². The molecule has 0 radical (unpaired) electrons. The van der Waals surface area contributed by atoms with Crippen LogP contribution in [0.15, 0.2) is 12.2 Å². The Hall–Kier alpha value is -0.870. The summed E-state index contributed by atoms with van der Waals surface area (Å²) < 4.78 is 11.3. The number of nitrogens with one attached hydrogen (secondary N) is 1. The number of carbonyl (C=O) groups excluding carboxylic acids is 1. The third-order valence-corrected chi connectivity index (χ3v) is 7.03. The van der Waals surface area contributed by atoms with Crippen LogP contribution in [-0.2, 0) is 14.3 Å². The Morgan fingerprint density at radius 1 is 1.35 bits per heavy atom. The monoisotopic (exact) mass is 320 g/mol. The van der Waals surface area contributed by atoms with E-state index in [9.17, 15) is 4.79 Å². The predicted molar refractivity (Wildman–Crippen MR) is 87.1 cm³/mol. The van der Waals surface area contributed by atoms with Crippen LogP contribution in [0.1, 0.15) is 39.0 Å². The highest BCUT2D eigenvalue weighted by atomic mass is 16.6. The molecule has 1 N–H and O–H groups in total. The summed E-state index contributed by atoms with van der Waals surface area (Å²) >= 11 is 0. The van der Waals surface area contributed by atoms with E-state index in [-0.39, 0.29) is 18.0 Å². The molecule has 2 aliphatic heterocycles. The van der Waals surface area contributed by atoms with Gasteiger partial charge in [-0.2, -0.15) is 0 Å². The Balaban J connectivity index is 1.50. The number of esters is 1. The molecular formula is C19H30NO3+. The zero-order valence-corrected chi connectivity index (χ0v) is 14.3. The molecule has 0 aromatic rings. The lowest BCUT2D eigenvalue weighted by atomic mass is 9.55. The number of fused-ring (bicyclic) bond motifs is 2. The lowest BCUT2D eigenvalue weighted by molar-refractivity contribution is -0.910. The van der Waals surface area contributed by atoms with Gasteiger partial charge in [-0.15, -0.1) is 0 Å². The van der Waals surface area contributed by atoms with Gasteiger partial charge in [0.05, 0.1) is 19.8 Å². The number of rotatable bonds is 2. The molecule has 5 atom stereocenters. The molecule has 0 aromatic heterocycles. The van der Waals surface area contributed by atoms with Gasteiger partial charge in [-0.1, -0.05) is 19.1 Å². The van der Waals surface area contributed by atoms with E-state index in [2.05, 4.69) is 13.5 Å². The van der Waals surface area contributed by atoms with Gasteiger partial charge in [0.2, 0.25) is 0 Å². The number of carbonyl (C=O) groups is 1. The SMILES string of the molecule is C=C1CCC[C@]2(C)C[C@H]3OC(=O)[C@H](C[NH+]4CCOCC4)[C@H]3C[C@@H]12. The topological polar surface area (TPSA) is 40.0 Å². The van der Waals surface area contributed by atoms with Crippen molar-refractivity contribution in [3.63, 3.8) is 0 Å². The van der Waals surface area contributed by atoms with Crippen molar-refractivity contribution in [3.05, 3.63) is 12.2 Å². The fourth-order valence-electron chi connectivity index (χ4n) is 5.66. The number of hydrogen-bond donors (Lipinski definition) is 1. The number of quaternary nitrogens is 1. The lowest BCUT2D eigenvalue weighted by Gasteiger charge is -2.50. The fourth-order valence-corrected chi connectivity index (χ4v) is 5.66. The molecule has 0 spiro atoms. The van der Waals surface area contributed by atoms with E-state index in [0.717, 1.165) is 45.7 Å². The third-order valence-electron chi connectivity index (χ3n) is 7.03. The van der Waals surface area contributed by atoms with Crippen LogP contribution in [0.5, 0.6) is 0 Å². The molecule has 0 aromatic carbocycles. The van der Waals surface area contributed by atoms with Gasteiger partial charge < -0.3 is 14.4 Å². The third kappa shape index (κ3) is 2.74. The summed E-state index contributed by atoms with van der Waals surface area (Å²) in [6.45, 7) is 11.4. The van der Waals surface area contributed by atoms with E-state index < -0.39 is 0 Å². The first-order valence-electron chi connectivity index (χ1n) is 9.36. The highest BCUT2D eigenvalue weighted by Gasteiger charge is 2.55. The standard InChI is InChI=1S/C19H29NO3/c1-13-4-3-5-19(2)11-17-14(10-16(13)19)15(18(21)23-17)12-20-6-8-22-9-7-20/h14-17H,1,3-12H2,2H3/p+1/t14-,15-,16+,17-,19-/m1/s1. The first kappa shape index (κ1) is 15.6. The Morgan fingerprint density at radius 3 is 2.91 bits per heavy atom. The van der Waals surface area contributed by atoms with E-state index in [0.29, 0.717) is 17.3 Å². The van der Waals surface area contributed by atoms with Gasteiger partial charge in [-0.25, -0.2) is 0 Å². The lowest BCUT2D eigenvalue weighted by Crippen LogP contribution is -3.14. The molecule has 2 saturated carbocycles. The number of hydrogen-bond acceptors (Lipinski definition) is 3. The van der Waals surface area contributed by atoms with Gasteiger partial charge in [0.25, 0.3) is 0 Å². The van der Waals surface area contributed by atoms with E-state index in [4.69, 9.17) is 9.47 Å². The Kier molecular flexibility index (Phi) is 4.01. The van der Waals surface area contributed by atoms with Crippen LogP contribution in [-0.4, -0.2) is 44.9 Å². The van der Waals surface area contributed by atoms with Crippen molar-refractivity contribution in [2.75, 3.05) is 32.8 Å². The normalized spacial score (nSPS) is 44.6. The second kappa shape index (κ2) is 5.89. The van der Waals surface area contributed by atoms with Gasteiger partial charge in [0.1, 0.15) is 25.1 Å². The predicted octanol–water partition coefficient (Wildman–Crippen LogP) is 1.22. The number of ether oxygens (including phenoxy) is 2. The summed E-state index contributed by atoms with van der Waals surface area (Å²) in [5.41, 5.74) is 1.73. The molecule has 4 fully saturated rings. The van der Waals surface area contributed by atoms with Crippen molar-refractivity contribution in [2.45, 2.75) is 45.1 Å². The maximum absolute atomic E-state index is 12.5. The minimum absolute atomic E-state index is 0.0619. The second-order valence-electron chi connectivity index (χ2n) is 8.47. The van der Waals surface area contributed by atoms with Gasteiger partial charge in [-0.05, 0) is 43.4 Å². The van der Waals surface area contributed by atoms with E-state index in [1.807, 2.05) is 0 Å². The summed E-state index contributed by atoms with van der Waals surface area (Å²) in [5.74, 6) is 1.15. The number of allylic oxidation sites excluding steroid dienone is 1. The Morgan fingerprint density at radius 2 is 2.13 bits per heavy atom. The maximum atomic E-state index is 12.5. The number of morpholine rings is 1. The smallest absolute Gasteiger partial charge is 0.315 e. The minimum atomic E-state index is 0.0619. The Labute approximate surface area is 139 Å². The van der Waals surface area contributed by atoms with Gasteiger partial charge in [0.15, 0.2) is 0 Å². The molecule has 4 aliphatic rings. The van der Waals surface area contributed by atoms with Gasteiger partial charge in [0, 0.05) is 5.92 Å². The Bertz CT molecular complexity index is 499. The average Bonchev–Trinajstić information content (AvgIpc) is 2.81. The second-order valence-corrected chi connectivity index (χ2v) is 8.47. The summed E-state index contributed by atoms with van der Waals surface area (Å²) in [6.07, 6.45) is 5.99. The molecule has 0 bridgehead atoms. The van der Waals surface area contributed by atoms with Crippen LogP contribution in [0, 0.1) is 23.2 Å². The summed E-state index contributed by atoms with van der Waals surface area (Å²) in [5, 5.41) is 0. The van der Waals surface area contributed by atoms with Crippen LogP contribution in [0.3, 0.4) is 0 Å². The van der Waals surface area contributed by atoms with Crippen molar-refractivity contribution in [2.24, 2.45) is 23.2 Å². The maximum Gasteiger partial charge on any atom is 0.315 e. The molecule has 0 amide bonds. The van der Waals surface area contributed by atoms with Crippen LogP contribution < -0.4 is 4.90 Å². The molecule has 2 aliphatic carbocycles. The van der Waals surface area contributed by atoms with Gasteiger partial charge in [-0.3, -0.25) is 4.79 Å². The van der Waals surface area contributed by atoms with Crippen molar-refractivity contribution in [1.82, 2.24) is 0 Å². The molecule has 2 heterocycles. The summed E-state index contributed by atoms with van der Waals surface area (Å²) in [4.78, 5) is 14.0. The van der Waals surface area contributed by atoms with Crippen LogP contribution in [0.2, 0.25) is 0 Å². The van der Waals surface area contributed by atoms with Crippen molar-refractivity contribution < 1.29 is 19.2 Å². The quantitative estimate of drug-likeness (QED) is 0.614. The molecule has 23 heavy (non-hydrogen) atoms. The molecular weight excluding hydrogens is 290 g/mol. The van der Waals surface area contributed by atoms with Crippen LogP contribution in [0.4, 0.5) is 0 Å². The highest BCUT2D eigenvalue weighted by molar-refractivity contribution is 5.75. The largest absolute Gasteiger partial charge is 0.462 e. The first-order chi connectivity index (χ1) is 11.1. The van der Waals surface area contributed by atoms with Crippen molar-refractivity contribution in [3.8, 4) is 0 Å². The van der Waals surface area contributed by atoms with Gasteiger partial charge >= 0.3 is 5.97 Å². The summed E-state index contributed by atoms with van der Waals surface area (Å²) in [7, 11) is 0. The first-order valence-corrected chi connectivity index (χ1v) is 9.36. The molecule has 4 nitrogen and oxygen atoms in total. The molecule has 2 saturated heterocycles. The molecule has 0 unspecified atom stereocenters. The van der Waals surface area contributed by atoms with E-state index >= 15 is 0 Å². The minimum Gasteiger partial charge on any atom is -0.462 e. The zero-order chi connectivity index (χ0) is 16.0. The average molecular weight is 320 g/mol.